The van der Waals surface area contributed by atoms with Crippen molar-refractivity contribution >= 4 is 29.1 Å². The Morgan fingerprint density at radius 2 is 1.74 bits per heavy atom. The normalized spacial score (nSPS) is 17.3. The largest absolute Gasteiger partial charge is 0.507 e. The molecule has 174 valence electrons. The van der Waals surface area contributed by atoms with Crippen molar-refractivity contribution in [1.29, 1.82) is 0 Å². The predicted molar refractivity (Wildman–Crippen MR) is 128 cm³/mol. The monoisotopic (exact) mass is 479 g/mol. The molecule has 7 heteroatoms. The van der Waals surface area contributed by atoms with Gasteiger partial charge in [0.2, 0.25) is 0 Å². The molecule has 0 bridgehead atoms. The van der Waals surface area contributed by atoms with Crippen LogP contribution in [-0.2, 0) is 16.0 Å². The average molecular weight is 480 g/mol. The van der Waals surface area contributed by atoms with Crippen LogP contribution in [0.3, 0.4) is 0 Å². The van der Waals surface area contributed by atoms with Crippen LogP contribution in [-0.4, -0.2) is 35.4 Å². The maximum atomic E-state index is 13.3. The molecule has 1 unspecified atom stereocenters. The topological polar surface area (TPSA) is 66.8 Å². The molecule has 1 saturated heterocycles. The number of halogens is 2. The van der Waals surface area contributed by atoms with E-state index >= 15 is 0 Å². The molecule has 1 aliphatic rings. The van der Waals surface area contributed by atoms with Crippen LogP contribution in [0.5, 0.6) is 5.75 Å². The Kier molecular flexibility index (Phi) is 6.70. The number of ketones is 1. The highest BCUT2D eigenvalue weighted by molar-refractivity contribution is 6.46. The molecule has 1 amide bonds. The van der Waals surface area contributed by atoms with Gasteiger partial charge in [0.1, 0.15) is 17.3 Å². The highest BCUT2D eigenvalue weighted by Crippen LogP contribution is 2.41. The number of amides is 1. The lowest BCUT2D eigenvalue weighted by molar-refractivity contribution is -0.139. The fourth-order valence-electron chi connectivity index (χ4n) is 4.15. The van der Waals surface area contributed by atoms with E-state index in [9.17, 15) is 19.1 Å². The lowest BCUT2D eigenvalue weighted by Crippen LogP contribution is -2.31. The minimum atomic E-state index is -0.817. The molecule has 0 radical (unpaired) electrons. The van der Waals surface area contributed by atoms with Crippen LogP contribution in [0.1, 0.15) is 28.3 Å². The van der Waals surface area contributed by atoms with Crippen molar-refractivity contribution in [3.05, 3.63) is 105 Å². The van der Waals surface area contributed by atoms with Crippen LogP contribution < -0.4 is 4.74 Å². The predicted octanol–water partition coefficient (Wildman–Crippen LogP) is 5.46. The molecule has 0 aromatic heterocycles. The zero-order chi connectivity index (χ0) is 24.4. The van der Waals surface area contributed by atoms with Gasteiger partial charge in [-0.05, 0) is 60.9 Å². The summed E-state index contributed by atoms with van der Waals surface area (Å²) in [6.07, 6.45) is 0.408. The second kappa shape index (κ2) is 9.69. The summed E-state index contributed by atoms with van der Waals surface area (Å²) in [6, 6.07) is 17.2. The molecule has 34 heavy (non-hydrogen) atoms. The van der Waals surface area contributed by atoms with E-state index in [0.717, 1.165) is 11.1 Å². The number of benzene rings is 3. The number of ether oxygens (including phenoxy) is 1. The second-order valence-corrected chi connectivity index (χ2v) is 8.56. The summed E-state index contributed by atoms with van der Waals surface area (Å²) in [5.74, 6) is -1.76. The molecule has 1 heterocycles. The minimum Gasteiger partial charge on any atom is -0.507 e. The molecule has 3 aromatic carbocycles. The molecule has 3 aromatic rings. The highest BCUT2D eigenvalue weighted by Gasteiger charge is 2.46. The number of hydrogen-bond donors (Lipinski definition) is 1. The van der Waals surface area contributed by atoms with Crippen LogP contribution in [0, 0.1) is 12.7 Å². The number of likely N-dealkylation sites (tertiary alicyclic amines) is 1. The number of carbonyl (C=O) groups excluding carboxylic acids is 2. The second-order valence-electron chi connectivity index (χ2n) is 8.12. The van der Waals surface area contributed by atoms with Crippen LogP contribution in [0.4, 0.5) is 4.39 Å². The SMILES string of the molecule is COc1ccc(C)cc1/C(O)=C1\C(=O)C(=O)N(CCc2ccc(F)cc2)C1c1ccc(Cl)cc1. The quantitative estimate of drug-likeness (QED) is 0.289. The average Bonchev–Trinajstić information content (AvgIpc) is 3.08. The third-order valence-corrected chi connectivity index (χ3v) is 6.14. The maximum Gasteiger partial charge on any atom is 0.295 e. The minimum absolute atomic E-state index is 0.0182. The molecule has 0 spiro atoms. The Hall–Kier alpha value is -3.64. The van der Waals surface area contributed by atoms with Gasteiger partial charge in [0.05, 0.1) is 24.3 Å². The lowest BCUT2D eigenvalue weighted by Gasteiger charge is -2.25. The van der Waals surface area contributed by atoms with Crippen molar-refractivity contribution in [2.45, 2.75) is 19.4 Å². The number of rotatable bonds is 6. The molecular weight excluding hydrogens is 457 g/mol. The molecule has 5 nitrogen and oxygen atoms in total. The summed E-state index contributed by atoms with van der Waals surface area (Å²) in [6.45, 7) is 2.05. The Balaban J connectivity index is 1.81. The van der Waals surface area contributed by atoms with Gasteiger partial charge in [-0.25, -0.2) is 4.39 Å². The summed E-state index contributed by atoms with van der Waals surface area (Å²) in [5, 5.41) is 11.8. The summed E-state index contributed by atoms with van der Waals surface area (Å²) < 4.78 is 18.7. The van der Waals surface area contributed by atoms with E-state index in [0.29, 0.717) is 28.3 Å². The van der Waals surface area contributed by atoms with Crippen molar-refractivity contribution in [2.75, 3.05) is 13.7 Å². The van der Waals surface area contributed by atoms with E-state index in [1.165, 1.54) is 24.1 Å². The Morgan fingerprint density at radius 3 is 2.38 bits per heavy atom. The Labute approximate surface area is 202 Å². The molecule has 0 aliphatic carbocycles. The zero-order valence-corrected chi connectivity index (χ0v) is 19.5. The van der Waals surface area contributed by atoms with Gasteiger partial charge in [-0.2, -0.15) is 0 Å². The van der Waals surface area contributed by atoms with Gasteiger partial charge in [0, 0.05) is 11.6 Å². The number of aryl methyl sites for hydroxylation is 1. The molecule has 4 rings (SSSR count). The summed E-state index contributed by atoms with van der Waals surface area (Å²) >= 11 is 6.06. The molecule has 0 saturated carbocycles. The highest BCUT2D eigenvalue weighted by atomic mass is 35.5. The van der Waals surface area contributed by atoms with E-state index in [-0.39, 0.29) is 23.7 Å². The van der Waals surface area contributed by atoms with Gasteiger partial charge in [-0.15, -0.1) is 0 Å². The van der Waals surface area contributed by atoms with E-state index in [1.54, 1.807) is 48.5 Å². The molecule has 1 atom stereocenters. The first-order valence-corrected chi connectivity index (χ1v) is 11.1. The van der Waals surface area contributed by atoms with E-state index < -0.39 is 17.7 Å². The number of carbonyl (C=O) groups is 2. The maximum absolute atomic E-state index is 13.3. The van der Waals surface area contributed by atoms with Crippen molar-refractivity contribution in [1.82, 2.24) is 4.90 Å². The third-order valence-electron chi connectivity index (χ3n) is 5.89. The van der Waals surface area contributed by atoms with Crippen molar-refractivity contribution < 1.29 is 23.8 Å². The van der Waals surface area contributed by atoms with Crippen LogP contribution >= 0.6 is 11.6 Å². The summed E-state index contributed by atoms with van der Waals surface area (Å²) in [7, 11) is 1.47. The molecule has 1 aliphatic heterocycles. The van der Waals surface area contributed by atoms with Crippen molar-refractivity contribution in [3.63, 3.8) is 0 Å². The number of Topliss-reactive ketones (excluding diaryl/α,β-unsaturated/α-hetero) is 1. The number of aliphatic hydroxyl groups excluding tert-OH is 1. The molecule has 1 fully saturated rings. The number of aliphatic hydroxyl groups is 1. The third kappa shape index (κ3) is 4.54. The summed E-state index contributed by atoms with van der Waals surface area (Å²) in [5.41, 5.74) is 2.62. The zero-order valence-electron chi connectivity index (χ0n) is 18.7. The standard InChI is InChI=1S/C27H23ClFNO4/c1-16-3-12-22(34-2)21(15-16)25(31)23-24(18-6-8-19(28)9-7-18)30(27(33)26(23)32)14-13-17-4-10-20(29)11-5-17/h3-12,15,24,31H,13-14H2,1-2H3/b25-23+. The van der Waals surface area contributed by atoms with E-state index in [1.807, 2.05) is 13.0 Å². The van der Waals surface area contributed by atoms with Crippen LogP contribution in [0.25, 0.3) is 5.76 Å². The number of hydrogen-bond acceptors (Lipinski definition) is 4. The lowest BCUT2D eigenvalue weighted by atomic mass is 9.94. The van der Waals surface area contributed by atoms with Crippen LogP contribution in [0.15, 0.2) is 72.3 Å². The van der Waals surface area contributed by atoms with Gasteiger partial charge >= 0.3 is 0 Å². The smallest absolute Gasteiger partial charge is 0.295 e. The fraction of sp³-hybridized carbons (Fsp3) is 0.185. The Bertz CT molecular complexity index is 1270. The first kappa shape index (κ1) is 23.5. The van der Waals surface area contributed by atoms with Crippen molar-refractivity contribution in [2.24, 2.45) is 0 Å². The molecular formula is C27H23ClFNO4. The number of methoxy groups -OCH3 is 1. The van der Waals surface area contributed by atoms with Gasteiger partial charge < -0.3 is 14.7 Å². The first-order chi connectivity index (χ1) is 16.3. The van der Waals surface area contributed by atoms with E-state index in [2.05, 4.69) is 0 Å². The first-order valence-electron chi connectivity index (χ1n) is 10.7. The van der Waals surface area contributed by atoms with Crippen LogP contribution in [0.2, 0.25) is 5.02 Å². The van der Waals surface area contributed by atoms with Gasteiger partial charge in [-0.1, -0.05) is 47.5 Å². The molecule has 1 N–H and O–H groups in total. The fourth-order valence-corrected chi connectivity index (χ4v) is 4.28. The Morgan fingerprint density at radius 1 is 1.06 bits per heavy atom. The van der Waals surface area contributed by atoms with Gasteiger partial charge in [0.25, 0.3) is 11.7 Å². The van der Waals surface area contributed by atoms with Gasteiger partial charge in [0.15, 0.2) is 0 Å². The summed E-state index contributed by atoms with van der Waals surface area (Å²) in [4.78, 5) is 27.7. The van der Waals surface area contributed by atoms with E-state index in [4.69, 9.17) is 16.3 Å². The van der Waals surface area contributed by atoms with Gasteiger partial charge in [-0.3, -0.25) is 9.59 Å². The van der Waals surface area contributed by atoms with Crippen molar-refractivity contribution in [3.8, 4) is 5.75 Å². The number of nitrogens with zero attached hydrogens (tertiary/aromatic N) is 1.